The Morgan fingerprint density at radius 1 is 1.25 bits per heavy atom. The number of benzene rings is 1. The van der Waals surface area contributed by atoms with Crippen molar-refractivity contribution in [2.45, 2.75) is 20.3 Å². The number of carbonyl (C=O) groups excluding carboxylic acids is 3. The number of carbonyl (C=O) groups is 3. The number of halogens is 1. The summed E-state index contributed by atoms with van der Waals surface area (Å²) in [5.41, 5.74) is 1.73. The highest BCUT2D eigenvalue weighted by Crippen LogP contribution is 2.32. The molecular formula is C20H19FN2O3S2. The van der Waals surface area contributed by atoms with E-state index in [1.54, 1.807) is 6.08 Å². The van der Waals surface area contributed by atoms with Gasteiger partial charge in [0.2, 0.25) is 0 Å². The summed E-state index contributed by atoms with van der Waals surface area (Å²) in [6.45, 7) is 4.29. The molecule has 1 saturated heterocycles. The number of thiophene rings is 1. The molecule has 146 valence electrons. The van der Waals surface area contributed by atoms with Crippen molar-refractivity contribution in [1.29, 1.82) is 0 Å². The first-order chi connectivity index (χ1) is 13.4. The third kappa shape index (κ3) is 4.51. The van der Waals surface area contributed by atoms with Gasteiger partial charge in [-0.3, -0.25) is 19.3 Å². The van der Waals surface area contributed by atoms with Gasteiger partial charge in [0.05, 0.1) is 9.78 Å². The van der Waals surface area contributed by atoms with Crippen LogP contribution in [0, 0.1) is 12.7 Å². The van der Waals surface area contributed by atoms with E-state index in [9.17, 15) is 18.8 Å². The van der Waals surface area contributed by atoms with E-state index < -0.39 is 5.91 Å². The number of amides is 3. The van der Waals surface area contributed by atoms with Crippen LogP contribution in [0.4, 0.5) is 9.18 Å². The largest absolute Gasteiger partial charge is 0.350 e. The molecule has 1 fully saturated rings. The smallest absolute Gasteiger partial charge is 0.293 e. The van der Waals surface area contributed by atoms with Gasteiger partial charge in [-0.15, -0.1) is 11.3 Å². The first kappa shape index (κ1) is 20.3. The summed E-state index contributed by atoms with van der Waals surface area (Å²) in [6, 6.07) is 7.52. The summed E-state index contributed by atoms with van der Waals surface area (Å²) in [5, 5.41) is 2.38. The van der Waals surface area contributed by atoms with Crippen molar-refractivity contribution in [3.8, 4) is 0 Å². The van der Waals surface area contributed by atoms with Gasteiger partial charge >= 0.3 is 0 Å². The quantitative estimate of drug-likeness (QED) is 0.713. The zero-order valence-corrected chi connectivity index (χ0v) is 17.1. The van der Waals surface area contributed by atoms with Gasteiger partial charge in [0.25, 0.3) is 17.1 Å². The number of thioether (sulfide) groups is 1. The molecule has 0 radical (unpaired) electrons. The minimum atomic E-state index is -0.409. The maximum atomic E-state index is 13.0. The van der Waals surface area contributed by atoms with Crippen LogP contribution < -0.4 is 5.32 Å². The zero-order chi connectivity index (χ0) is 20.3. The fourth-order valence-corrected chi connectivity index (χ4v) is 4.65. The highest BCUT2D eigenvalue weighted by Gasteiger charge is 2.34. The SMILES string of the molecule is CCc1sc(C(=O)NCCN2C(=O)S/C(=C/c3ccc(F)cc3)C2=O)cc1C. The monoisotopic (exact) mass is 418 g/mol. The molecule has 0 saturated carbocycles. The minimum Gasteiger partial charge on any atom is -0.350 e. The van der Waals surface area contributed by atoms with E-state index in [-0.39, 0.29) is 35.0 Å². The van der Waals surface area contributed by atoms with E-state index in [4.69, 9.17) is 0 Å². The van der Waals surface area contributed by atoms with Crippen LogP contribution in [0.5, 0.6) is 0 Å². The molecule has 1 aliphatic rings. The average Bonchev–Trinajstić information content (AvgIpc) is 3.17. The molecule has 0 bridgehead atoms. The van der Waals surface area contributed by atoms with Gasteiger partial charge in [-0.2, -0.15) is 0 Å². The Kier molecular flexibility index (Phi) is 6.31. The van der Waals surface area contributed by atoms with Gasteiger partial charge in [0.15, 0.2) is 0 Å². The lowest BCUT2D eigenvalue weighted by Gasteiger charge is -2.12. The first-order valence-corrected chi connectivity index (χ1v) is 10.4. The van der Waals surface area contributed by atoms with Crippen molar-refractivity contribution in [2.24, 2.45) is 0 Å². The van der Waals surface area contributed by atoms with Crippen LogP contribution >= 0.6 is 23.1 Å². The van der Waals surface area contributed by atoms with Crippen molar-refractivity contribution in [3.63, 3.8) is 0 Å². The summed E-state index contributed by atoms with van der Waals surface area (Å²) in [7, 11) is 0. The van der Waals surface area contributed by atoms with Crippen LogP contribution in [-0.4, -0.2) is 35.0 Å². The van der Waals surface area contributed by atoms with Crippen LogP contribution in [0.15, 0.2) is 35.2 Å². The summed E-state index contributed by atoms with van der Waals surface area (Å²) in [4.78, 5) is 40.0. The second-order valence-corrected chi connectivity index (χ2v) is 8.34. The summed E-state index contributed by atoms with van der Waals surface area (Å²) < 4.78 is 13.0. The van der Waals surface area contributed by atoms with Gasteiger partial charge in [-0.25, -0.2) is 4.39 Å². The van der Waals surface area contributed by atoms with Crippen molar-refractivity contribution in [1.82, 2.24) is 10.2 Å². The fourth-order valence-electron chi connectivity index (χ4n) is 2.75. The van der Waals surface area contributed by atoms with Crippen LogP contribution in [0.25, 0.3) is 6.08 Å². The molecule has 1 aromatic carbocycles. The lowest BCUT2D eigenvalue weighted by molar-refractivity contribution is -0.122. The van der Waals surface area contributed by atoms with E-state index in [2.05, 4.69) is 5.32 Å². The molecular weight excluding hydrogens is 399 g/mol. The number of nitrogens with zero attached hydrogens (tertiary/aromatic N) is 1. The summed E-state index contributed by atoms with van der Waals surface area (Å²) in [5.74, 6) is -0.983. The molecule has 1 N–H and O–H groups in total. The van der Waals surface area contributed by atoms with Crippen LogP contribution in [0.1, 0.15) is 32.6 Å². The minimum absolute atomic E-state index is 0.0994. The van der Waals surface area contributed by atoms with Crippen molar-refractivity contribution < 1.29 is 18.8 Å². The van der Waals surface area contributed by atoms with E-state index >= 15 is 0 Å². The lowest BCUT2D eigenvalue weighted by atomic mass is 10.2. The molecule has 2 aromatic rings. The molecule has 8 heteroatoms. The molecule has 5 nitrogen and oxygen atoms in total. The van der Waals surface area contributed by atoms with Crippen LogP contribution in [0.3, 0.4) is 0 Å². The highest BCUT2D eigenvalue weighted by molar-refractivity contribution is 8.18. The topological polar surface area (TPSA) is 66.5 Å². The van der Waals surface area contributed by atoms with Crippen molar-refractivity contribution >= 4 is 46.2 Å². The predicted octanol–water partition coefficient (Wildman–Crippen LogP) is 4.22. The van der Waals surface area contributed by atoms with Gasteiger partial charge in [0.1, 0.15) is 5.82 Å². The van der Waals surface area contributed by atoms with Gasteiger partial charge in [-0.05, 0) is 60.5 Å². The molecule has 2 heterocycles. The molecule has 0 atom stereocenters. The molecule has 1 aromatic heterocycles. The predicted molar refractivity (Wildman–Crippen MR) is 110 cm³/mol. The Bertz CT molecular complexity index is 951. The van der Waals surface area contributed by atoms with Crippen LogP contribution in [-0.2, 0) is 11.2 Å². The molecule has 3 amide bonds. The van der Waals surface area contributed by atoms with Gasteiger partial charge in [-0.1, -0.05) is 19.1 Å². The molecule has 3 rings (SSSR count). The zero-order valence-electron chi connectivity index (χ0n) is 15.5. The standard InChI is InChI=1S/C20H19FN2O3S2/c1-3-15-12(2)10-16(27-15)18(24)22-8-9-23-19(25)17(28-20(23)26)11-13-4-6-14(21)7-5-13/h4-7,10-11H,3,8-9H2,1-2H3,(H,22,24)/b17-11+. The van der Waals surface area contributed by atoms with E-state index in [1.165, 1.54) is 40.5 Å². The number of hydrogen-bond acceptors (Lipinski definition) is 5. The molecule has 1 aliphatic heterocycles. The number of rotatable bonds is 6. The summed E-state index contributed by atoms with van der Waals surface area (Å²) >= 11 is 2.29. The van der Waals surface area contributed by atoms with Crippen LogP contribution in [0.2, 0.25) is 0 Å². The number of nitrogens with one attached hydrogen (secondary N) is 1. The van der Waals surface area contributed by atoms with E-state index in [0.29, 0.717) is 10.4 Å². The van der Waals surface area contributed by atoms with Gasteiger partial charge < -0.3 is 5.32 Å². The molecule has 28 heavy (non-hydrogen) atoms. The average molecular weight is 419 g/mol. The Morgan fingerprint density at radius 2 is 1.96 bits per heavy atom. The van der Waals surface area contributed by atoms with Crippen molar-refractivity contribution in [3.05, 3.63) is 61.9 Å². The number of hydrogen-bond donors (Lipinski definition) is 1. The molecule has 0 unspecified atom stereocenters. The second kappa shape index (κ2) is 8.70. The third-order valence-corrected chi connectivity index (χ3v) is 6.52. The van der Waals surface area contributed by atoms with E-state index in [0.717, 1.165) is 28.6 Å². The van der Waals surface area contributed by atoms with E-state index in [1.807, 2.05) is 19.9 Å². The Balaban J connectivity index is 1.58. The third-order valence-electron chi connectivity index (χ3n) is 4.23. The van der Waals surface area contributed by atoms with Gasteiger partial charge in [0, 0.05) is 18.0 Å². The van der Waals surface area contributed by atoms with Crippen molar-refractivity contribution in [2.75, 3.05) is 13.1 Å². The number of imide groups is 1. The Morgan fingerprint density at radius 3 is 2.61 bits per heavy atom. The highest BCUT2D eigenvalue weighted by atomic mass is 32.2. The molecule has 0 spiro atoms. The Labute approximate surface area is 170 Å². The molecule has 0 aliphatic carbocycles. The summed E-state index contributed by atoms with van der Waals surface area (Å²) in [6.07, 6.45) is 2.44. The Hall–Kier alpha value is -2.45. The second-order valence-electron chi connectivity index (χ2n) is 6.21. The maximum absolute atomic E-state index is 13.0. The number of aryl methyl sites for hydroxylation is 2. The normalized spacial score (nSPS) is 15.5. The fraction of sp³-hybridized carbons (Fsp3) is 0.250. The lowest BCUT2D eigenvalue weighted by Crippen LogP contribution is -2.37. The first-order valence-electron chi connectivity index (χ1n) is 8.77. The maximum Gasteiger partial charge on any atom is 0.293 e.